The molecule has 1 aliphatic rings. The lowest BCUT2D eigenvalue weighted by atomic mass is 10.1. The second-order valence-electron chi connectivity index (χ2n) is 7.96. The van der Waals surface area contributed by atoms with Crippen molar-refractivity contribution in [2.75, 3.05) is 26.4 Å². The van der Waals surface area contributed by atoms with Crippen molar-refractivity contribution in [2.24, 2.45) is 0 Å². The molecule has 4 aromatic rings. The number of thiophene rings is 1. The normalized spacial score (nSPS) is 12.5. The van der Waals surface area contributed by atoms with Crippen LogP contribution in [0.2, 0.25) is 0 Å². The molecule has 0 spiro atoms. The fraction of sp³-hybridized carbons (Fsp3) is 0.240. The van der Waals surface area contributed by atoms with Crippen molar-refractivity contribution in [3.63, 3.8) is 0 Å². The Morgan fingerprint density at radius 2 is 1.89 bits per heavy atom. The standard InChI is InChI=1S/C25H22FN3O5S/c1-15-19-13-22(35-24(19)29(28-15)18-5-3-17(26)4-6-18)25(31)34-14-23(30)27-9-8-16-2-7-20-21(12-16)33-11-10-32-20/h2-7,12-13H,8-11,14H2,1H3,(H,27,30). The van der Waals surface area contributed by atoms with Gasteiger partial charge in [0.25, 0.3) is 5.91 Å². The Morgan fingerprint density at radius 1 is 1.11 bits per heavy atom. The molecule has 3 heterocycles. The van der Waals surface area contributed by atoms with Crippen LogP contribution in [-0.4, -0.2) is 48.0 Å². The molecule has 0 saturated carbocycles. The number of amides is 1. The Bertz CT molecular complexity index is 1400. The molecule has 180 valence electrons. The van der Waals surface area contributed by atoms with Gasteiger partial charge in [0.1, 0.15) is 28.7 Å². The number of esters is 1. The molecule has 0 aliphatic carbocycles. The molecule has 1 amide bonds. The lowest BCUT2D eigenvalue weighted by molar-refractivity contribution is -0.124. The van der Waals surface area contributed by atoms with E-state index in [0.717, 1.165) is 27.2 Å². The highest BCUT2D eigenvalue weighted by molar-refractivity contribution is 7.20. The highest BCUT2D eigenvalue weighted by atomic mass is 32.1. The minimum atomic E-state index is -0.585. The molecule has 2 aromatic carbocycles. The van der Waals surface area contributed by atoms with E-state index in [1.165, 1.54) is 23.5 Å². The summed E-state index contributed by atoms with van der Waals surface area (Å²) in [4.78, 5) is 25.8. The fourth-order valence-corrected chi connectivity index (χ4v) is 4.82. The highest BCUT2D eigenvalue weighted by Gasteiger charge is 2.19. The van der Waals surface area contributed by atoms with Crippen molar-refractivity contribution in [1.29, 1.82) is 0 Å². The van der Waals surface area contributed by atoms with Gasteiger partial charge in [0, 0.05) is 11.9 Å². The second kappa shape index (κ2) is 9.75. The van der Waals surface area contributed by atoms with Crippen LogP contribution in [0.1, 0.15) is 20.9 Å². The average molecular weight is 496 g/mol. The molecular formula is C25H22FN3O5S. The number of fused-ring (bicyclic) bond motifs is 2. The van der Waals surface area contributed by atoms with Gasteiger partial charge in [-0.1, -0.05) is 6.07 Å². The number of aromatic nitrogens is 2. The Morgan fingerprint density at radius 3 is 2.69 bits per heavy atom. The van der Waals surface area contributed by atoms with Crippen LogP contribution in [0.3, 0.4) is 0 Å². The summed E-state index contributed by atoms with van der Waals surface area (Å²) >= 11 is 1.21. The van der Waals surface area contributed by atoms with E-state index >= 15 is 0 Å². The number of carbonyl (C=O) groups is 2. The van der Waals surface area contributed by atoms with Crippen molar-refractivity contribution >= 4 is 33.4 Å². The first kappa shape index (κ1) is 22.9. The van der Waals surface area contributed by atoms with E-state index in [-0.39, 0.29) is 18.3 Å². The molecule has 8 nitrogen and oxygen atoms in total. The minimum Gasteiger partial charge on any atom is -0.486 e. The molecule has 0 atom stereocenters. The number of nitrogens with zero attached hydrogens (tertiary/aromatic N) is 2. The van der Waals surface area contributed by atoms with Crippen molar-refractivity contribution in [3.05, 3.63) is 70.5 Å². The van der Waals surface area contributed by atoms with Crippen LogP contribution in [0.15, 0.2) is 48.5 Å². The Hall–Kier alpha value is -3.92. The minimum absolute atomic E-state index is 0.339. The summed E-state index contributed by atoms with van der Waals surface area (Å²) in [6.07, 6.45) is 0.603. The SMILES string of the molecule is Cc1nn(-c2ccc(F)cc2)c2sc(C(=O)OCC(=O)NCCc3ccc4c(c3)OCCO4)cc12. The van der Waals surface area contributed by atoms with Crippen LogP contribution in [0, 0.1) is 12.7 Å². The maximum absolute atomic E-state index is 13.3. The van der Waals surface area contributed by atoms with Gasteiger partial charge in [0.2, 0.25) is 0 Å². The van der Waals surface area contributed by atoms with Crippen molar-refractivity contribution in [2.45, 2.75) is 13.3 Å². The Labute approximate surface area is 204 Å². The van der Waals surface area contributed by atoms with E-state index in [1.807, 2.05) is 25.1 Å². The van der Waals surface area contributed by atoms with Gasteiger partial charge >= 0.3 is 5.97 Å². The molecule has 2 aromatic heterocycles. The molecule has 0 fully saturated rings. The lowest BCUT2D eigenvalue weighted by Gasteiger charge is -2.18. The number of halogens is 1. The first-order chi connectivity index (χ1) is 17.0. The first-order valence-electron chi connectivity index (χ1n) is 11.1. The van der Waals surface area contributed by atoms with E-state index in [0.29, 0.717) is 42.5 Å². The zero-order valence-corrected chi connectivity index (χ0v) is 19.7. The van der Waals surface area contributed by atoms with Gasteiger partial charge in [-0.2, -0.15) is 5.10 Å². The van der Waals surface area contributed by atoms with Crippen LogP contribution in [0.4, 0.5) is 4.39 Å². The maximum atomic E-state index is 13.3. The van der Waals surface area contributed by atoms with Crippen molar-refractivity contribution in [1.82, 2.24) is 15.1 Å². The third kappa shape index (κ3) is 4.97. The quantitative estimate of drug-likeness (QED) is 0.392. The molecule has 5 rings (SSSR count). The van der Waals surface area contributed by atoms with E-state index < -0.39 is 5.97 Å². The summed E-state index contributed by atoms with van der Waals surface area (Å²) in [5, 5.41) is 8.04. The topological polar surface area (TPSA) is 91.7 Å². The molecule has 10 heteroatoms. The van der Waals surface area contributed by atoms with Crippen molar-refractivity contribution in [3.8, 4) is 17.2 Å². The largest absolute Gasteiger partial charge is 0.486 e. The van der Waals surface area contributed by atoms with Gasteiger partial charge in [-0.05, 0) is 61.4 Å². The van der Waals surface area contributed by atoms with Gasteiger partial charge in [0.05, 0.1) is 11.4 Å². The second-order valence-corrected chi connectivity index (χ2v) is 8.99. The van der Waals surface area contributed by atoms with Gasteiger partial charge in [-0.3, -0.25) is 4.79 Å². The number of nitrogens with one attached hydrogen (secondary N) is 1. The molecule has 0 radical (unpaired) electrons. The predicted octanol–water partition coefficient (Wildman–Crippen LogP) is 3.82. The summed E-state index contributed by atoms with van der Waals surface area (Å²) in [7, 11) is 0. The summed E-state index contributed by atoms with van der Waals surface area (Å²) in [6.45, 7) is 2.90. The van der Waals surface area contributed by atoms with Gasteiger partial charge in [-0.15, -0.1) is 11.3 Å². The average Bonchev–Trinajstić information content (AvgIpc) is 3.44. The van der Waals surface area contributed by atoms with Crippen LogP contribution >= 0.6 is 11.3 Å². The summed E-state index contributed by atoms with van der Waals surface area (Å²) in [6, 6.07) is 13.3. The molecule has 1 N–H and O–H groups in total. The highest BCUT2D eigenvalue weighted by Crippen LogP contribution is 2.32. The van der Waals surface area contributed by atoms with E-state index in [2.05, 4.69) is 10.4 Å². The van der Waals surface area contributed by atoms with Gasteiger partial charge in [-0.25, -0.2) is 13.9 Å². The molecule has 0 saturated heterocycles. The van der Waals surface area contributed by atoms with Crippen LogP contribution in [0.25, 0.3) is 15.9 Å². The molecular weight excluding hydrogens is 473 g/mol. The summed E-state index contributed by atoms with van der Waals surface area (Å²) in [5.74, 6) is 0.116. The number of hydrogen-bond acceptors (Lipinski definition) is 7. The van der Waals surface area contributed by atoms with Crippen LogP contribution < -0.4 is 14.8 Å². The number of hydrogen-bond donors (Lipinski definition) is 1. The Balaban J connectivity index is 1.15. The fourth-order valence-electron chi connectivity index (χ4n) is 3.75. The third-order valence-electron chi connectivity index (χ3n) is 5.49. The number of aryl methyl sites for hydroxylation is 1. The number of ether oxygens (including phenoxy) is 3. The predicted molar refractivity (Wildman–Crippen MR) is 128 cm³/mol. The summed E-state index contributed by atoms with van der Waals surface area (Å²) < 4.78 is 31.2. The Kier molecular flexibility index (Phi) is 6.37. The zero-order valence-electron chi connectivity index (χ0n) is 18.9. The van der Waals surface area contributed by atoms with Gasteiger partial charge < -0.3 is 19.5 Å². The van der Waals surface area contributed by atoms with E-state index in [4.69, 9.17) is 14.2 Å². The monoisotopic (exact) mass is 495 g/mol. The van der Waals surface area contributed by atoms with E-state index in [9.17, 15) is 14.0 Å². The molecule has 0 unspecified atom stereocenters. The molecule has 0 bridgehead atoms. The van der Waals surface area contributed by atoms with E-state index in [1.54, 1.807) is 22.9 Å². The van der Waals surface area contributed by atoms with Gasteiger partial charge in [0.15, 0.2) is 18.1 Å². The van der Waals surface area contributed by atoms with Crippen molar-refractivity contribution < 1.29 is 28.2 Å². The number of benzene rings is 2. The van der Waals surface area contributed by atoms with Crippen LogP contribution in [0.5, 0.6) is 11.5 Å². The molecule has 35 heavy (non-hydrogen) atoms. The lowest BCUT2D eigenvalue weighted by Crippen LogP contribution is -2.30. The maximum Gasteiger partial charge on any atom is 0.348 e. The zero-order chi connectivity index (χ0) is 24.4. The summed E-state index contributed by atoms with van der Waals surface area (Å²) in [5.41, 5.74) is 2.42. The smallest absolute Gasteiger partial charge is 0.348 e. The number of rotatable bonds is 7. The van der Waals surface area contributed by atoms with Crippen LogP contribution in [-0.2, 0) is 16.0 Å². The molecule has 1 aliphatic heterocycles. The first-order valence-corrected chi connectivity index (χ1v) is 11.9. The number of carbonyl (C=O) groups excluding carboxylic acids is 2. The third-order valence-corrected chi connectivity index (χ3v) is 6.58.